The van der Waals surface area contributed by atoms with Crippen molar-refractivity contribution in [1.29, 1.82) is 0 Å². The Morgan fingerprint density at radius 2 is 1.85 bits per heavy atom. The summed E-state index contributed by atoms with van der Waals surface area (Å²) in [6, 6.07) is 5.40. The minimum Gasteiger partial charge on any atom is -0.369 e. The quantitative estimate of drug-likeness (QED) is 0.687. The highest BCUT2D eigenvalue weighted by Crippen LogP contribution is 2.35. The highest BCUT2D eigenvalue weighted by Gasteiger charge is 2.35. The highest BCUT2D eigenvalue weighted by atomic mass is 32.2. The smallest absolute Gasteiger partial charge is 0.266 e. The Hall–Kier alpha value is -1.82. The van der Waals surface area contributed by atoms with Crippen molar-refractivity contribution >= 4 is 34.6 Å². The Morgan fingerprint density at radius 3 is 2.44 bits per heavy atom. The predicted molar refractivity (Wildman–Crippen MR) is 113 cm³/mol. The van der Waals surface area contributed by atoms with Crippen LogP contribution in [-0.2, 0) is 4.79 Å². The van der Waals surface area contributed by atoms with Crippen LogP contribution in [0.1, 0.15) is 52.5 Å². The highest BCUT2D eigenvalue weighted by molar-refractivity contribution is 8.18. The maximum Gasteiger partial charge on any atom is 0.266 e. The molecular formula is C21H28FN3OS. The van der Waals surface area contributed by atoms with Crippen LogP contribution in [0.15, 0.2) is 28.1 Å². The summed E-state index contributed by atoms with van der Waals surface area (Å²) in [7, 11) is 0. The summed E-state index contributed by atoms with van der Waals surface area (Å²) in [6.07, 6.45) is 5.21. The van der Waals surface area contributed by atoms with Crippen LogP contribution in [0.2, 0.25) is 0 Å². The molecule has 2 fully saturated rings. The number of thioether (sulfide) groups is 1. The van der Waals surface area contributed by atoms with Crippen molar-refractivity contribution in [1.82, 2.24) is 4.90 Å². The van der Waals surface area contributed by atoms with E-state index >= 15 is 0 Å². The molecular weight excluding hydrogens is 361 g/mol. The van der Waals surface area contributed by atoms with Crippen LogP contribution in [0.5, 0.6) is 0 Å². The van der Waals surface area contributed by atoms with Crippen LogP contribution in [0, 0.1) is 5.82 Å². The second kappa shape index (κ2) is 8.46. The molecule has 0 aromatic heterocycles. The van der Waals surface area contributed by atoms with Crippen molar-refractivity contribution in [2.75, 3.05) is 18.0 Å². The number of carbonyl (C=O) groups excluding carboxylic acids is 1. The number of amides is 1. The number of anilines is 1. The van der Waals surface area contributed by atoms with Crippen molar-refractivity contribution in [3.63, 3.8) is 0 Å². The fraction of sp³-hybridized carbons (Fsp3) is 0.524. The normalized spacial score (nSPS) is 21.4. The van der Waals surface area contributed by atoms with Gasteiger partial charge < -0.3 is 4.90 Å². The molecule has 1 aromatic rings. The molecule has 0 radical (unpaired) electrons. The van der Waals surface area contributed by atoms with E-state index in [4.69, 9.17) is 0 Å². The molecule has 6 heteroatoms. The molecule has 146 valence electrons. The van der Waals surface area contributed by atoms with Gasteiger partial charge in [-0.05, 0) is 82.5 Å². The molecule has 0 N–H and O–H groups in total. The van der Waals surface area contributed by atoms with E-state index in [2.05, 4.69) is 9.89 Å². The van der Waals surface area contributed by atoms with E-state index in [0.29, 0.717) is 16.2 Å². The Morgan fingerprint density at radius 1 is 1.15 bits per heavy atom. The molecule has 0 aliphatic carbocycles. The molecule has 0 bridgehead atoms. The third kappa shape index (κ3) is 4.54. The lowest BCUT2D eigenvalue weighted by atomic mass is 10.1. The number of hydrogen-bond acceptors (Lipinski definition) is 4. The fourth-order valence-corrected chi connectivity index (χ4v) is 4.64. The number of carbonyl (C=O) groups is 1. The van der Waals surface area contributed by atoms with Gasteiger partial charge in [0.1, 0.15) is 5.82 Å². The van der Waals surface area contributed by atoms with Crippen molar-refractivity contribution in [3.05, 3.63) is 34.5 Å². The summed E-state index contributed by atoms with van der Waals surface area (Å²) in [6.45, 7) is 9.75. The van der Waals surface area contributed by atoms with Gasteiger partial charge in [-0.15, -0.1) is 0 Å². The maximum absolute atomic E-state index is 14.7. The molecule has 0 spiro atoms. The second-order valence-electron chi connectivity index (χ2n) is 7.64. The van der Waals surface area contributed by atoms with Gasteiger partial charge in [-0.2, -0.15) is 0 Å². The van der Waals surface area contributed by atoms with Gasteiger partial charge >= 0.3 is 0 Å². The number of nitrogens with zero attached hydrogens (tertiary/aromatic N) is 3. The van der Waals surface area contributed by atoms with E-state index in [1.54, 1.807) is 11.0 Å². The summed E-state index contributed by atoms with van der Waals surface area (Å²) in [5, 5.41) is 0.724. The van der Waals surface area contributed by atoms with Gasteiger partial charge in [-0.1, -0.05) is 6.07 Å². The van der Waals surface area contributed by atoms with Crippen LogP contribution in [0.4, 0.5) is 10.1 Å². The van der Waals surface area contributed by atoms with E-state index in [1.165, 1.54) is 24.2 Å². The number of halogens is 1. The predicted octanol–water partition coefficient (Wildman–Crippen LogP) is 4.91. The number of amidine groups is 1. The molecule has 1 aromatic carbocycles. The van der Waals surface area contributed by atoms with Crippen LogP contribution in [0.3, 0.4) is 0 Å². The average Bonchev–Trinajstić information content (AvgIpc) is 2.90. The Balaban J connectivity index is 1.85. The molecule has 2 heterocycles. The lowest BCUT2D eigenvalue weighted by Crippen LogP contribution is -2.35. The van der Waals surface area contributed by atoms with Crippen molar-refractivity contribution in [3.8, 4) is 0 Å². The third-order valence-corrected chi connectivity index (χ3v) is 5.69. The lowest BCUT2D eigenvalue weighted by Gasteiger charge is -2.29. The number of benzene rings is 1. The number of aliphatic imine (C=N–C) groups is 1. The zero-order valence-electron chi connectivity index (χ0n) is 16.5. The Kier molecular flexibility index (Phi) is 6.25. The van der Waals surface area contributed by atoms with E-state index in [0.717, 1.165) is 31.1 Å². The summed E-state index contributed by atoms with van der Waals surface area (Å²) in [5.74, 6) is -0.284. The van der Waals surface area contributed by atoms with Gasteiger partial charge in [0.05, 0.1) is 10.6 Å². The Labute approximate surface area is 165 Å². The molecule has 2 saturated heterocycles. The second-order valence-corrected chi connectivity index (χ2v) is 8.65. The summed E-state index contributed by atoms with van der Waals surface area (Å²) >= 11 is 1.37. The molecule has 3 rings (SSSR count). The summed E-state index contributed by atoms with van der Waals surface area (Å²) in [5.41, 5.74) is 1.37. The van der Waals surface area contributed by atoms with Crippen LogP contribution >= 0.6 is 11.8 Å². The monoisotopic (exact) mass is 389 g/mol. The van der Waals surface area contributed by atoms with E-state index in [9.17, 15) is 9.18 Å². The molecule has 0 saturated carbocycles. The molecule has 1 amide bonds. The first-order valence-electron chi connectivity index (χ1n) is 9.72. The minimum absolute atomic E-state index is 0.0339. The molecule has 2 aliphatic rings. The largest absolute Gasteiger partial charge is 0.369 e. The van der Waals surface area contributed by atoms with Crippen molar-refractivity contribution in [2.24, 2.45) is 4.99 Å². The molecule has 27 heavy (non-hydrogen) atoms. The van der Waals surface area contributed by atoms with Gasteiger partial charge in [0.15, 0.2) is 5.17 Å². The molecule has 0 unspecified atom stereocenters. The number of hydrogen-bond donors (Lipinski definition) is 0. The van der Waals surface area contributed by atoms with E-state index < -0.39 is 0 Å². The van der Waals surface area contributed by atoms with E-state index in [-0.39, 0.29) is 23.8 Å². The topological polar surface area (TPSA) is 35.9 Å². The average molecular weight is 390 g/mol. The standard InChI is InChI=1S/C21H28FN3OS/c1-14(2)23-21-25(15(3)4)20(26)19(27-21)13-16-8-9-18(17(22)12-16)24-10-6-5-7-11-24/h8-9,12-15H,5-7,10-11H2,1-4H3/b19-13+,23-21?. The van der Waals surface area contributed by atoms with Crippen LogP contribution < -0.4 is 4.90 Å². The summed E-state index contributed by atoms with van der Waals surface area (Å²) in [4.78, 5) is 21.8. The SMILES string of the molecule is CC(C)N=C1S/C(=C/c2ccc(N3CCCCC3)c(F)c2)C(=O)N1C(C)C. The molecule has 0 atom stereocenters. The first kappa shape index (κ1) is 19.9. The maximum atomic E-state index is 14.7. The number of rotatable bonds is 4. The van der Waals surface area contributed by atoms with Crippen molar-refractivity contribution in [2.45, 2.75) is 59.0 Å². The van der Waals surface area contributed by atoms with Gasteiger partial charge in [0, 0.05) is 25.2 Å². The molecule has 4 nitrogen and oxygen atoms in total. The lowest BCUT2D eigenvalue weighted by molar-refractivity contribution is -0.123. The van der Waals surface area contributed by atoms with Gasteiger partial charge in [-0.25, -0.2) is 4.39 Å². The fourth-order valence-electron chi connectivity index (χ4n) is 3.41. The first-order valence-corrected chi connectivity index (χ1v) is 10.5. The Bertz CT molecular complexity index is 767. The van der Waals surface area contributed by atoms with Crippen LogP contribution in [0.25, 0.3) is 6.08 Å². The molecule has 2 aliphatic heterocycles. The van der Waals surface area contributed by atoms with Crippen LogP contribution in [-0.4, -0.2) is 41.1 Å². The third-order valence-electron chi connectivity index (χ3n) is 4.69. The van der Waals surface area contributed by atoms with Gasteiger partial charge in [0.2, 0.25) is 0 Å². The zero-order valence-corrected chi connectivity index (χ0v) is 17.4. The van der Waals surface area contributed by atoms with Crippen molar-refractivity contribution < 1.29 is 9.18 Å². The van der Waals surface area contributed by atoms with Gasteiger partial charge in [0.25, 0.3) is 5.91 Å². The van der Waals surface area contributed by atoms with E-state index in [1.807, 2.05) is 39.8 Å². The minimum atomic E-state index is -0.224. The number of piperidine rings is 1. The first-order chi connectivity index (χ1) is 12.9. The van der Waals surface area contributed by atoms with Gasteiger partial charge in [-0.3, -0.25) is 14.7 Å². The summed E-state index contributed by atoms with van der Waals surface area (Å²) < 4.78 is 14.7. The zero-order chi connectivity index (χ0) is 19.6.